The van der Waals surface area contributed by atoms with Gasteiger partial charge >= 0.3 is 0 Å². The van der Waals surface area contributed by atoms with Crippen LogP contribution in [0.3, 0.4) is 0 Å². The van der Waals surface area contributed by atoms with Crippen LogP contribution in [0, 0.1) is 0 Å². The number of fused-ring (bicyclic) bond motifs is 1. The number of nitrogens with zero attached hydrogens (tertiary/aromatic N) is 2. The molecule has 1 amide bonds. The van der Waals surface area contributed by atoms with Gasteiger partial charge in [-0.1, -0.05) is 18.2 Å². The maximum atomic E-state index is 12.6. The van der Waals surface area contributed by atoms with Gasteiger partial charge < -0.3 is 4.90 Å². The number of thiophene rings is 1. The molecule has 3 nitrogen and oxygen atoms in total. The van der Waals surface area contributed by atoms with E-state index in [1.807, 2.05) is 23.1 Å². The van der Waals surface area contributed by atoms with Crippen LogP contribution in [0.25, 0.3) is 10.1 Å². The maximum absolute atomic E-state index is 12.6. The molecule has 0 aliphatic carbocycles. The molecule has 0 radical (unpaired) electrons. The summed E-state index contributed by atoms with van der Waals surface area (Å²) < 4.78 is 1.19. The first-order valence-electron chi connectivity index (χ1n) is 7.17. The standard InChI is InChI=1S/C16H20N2OS/c1-12(2)17-7-9-18(10-8-17)16(19)15-11-13-5-3-4-6-14(13)20-15/h3-6,11-12H,7-10H2,1-2H3. The molecule has 2 heterocycles. The van der Waals surface area contributed by atoms with Crippen molar-refractivity contribution in [3.8, 4) is 0 Å². The van der Waals surface area contributed by atoms with Crippen LogP contribution < -0.4 is 0 Å². The van der Waals surface area contributed by atoms with E-state index < -0.39 is 0 Å². The fourth-order valence-corrected chi connectivity index (χ4v) is 3.72. The molecule has 1 aromatic carbocycles. The van der Waals surface area contributed by atoms with Crippen molar-refractivity contribution in [3.05, 3.63) is 35.2 Å². The van der Waals surface area contributed by atoms with Crippen LogP contribution in [-0.4, -0.2) is 47.9 Å². The van der Waals surface area contributed by atoms with E-state index in [-0.39, 0.29) is 5.91 Å². The Morgan fingerprint density at radius 2 is 1.85 bits per heavy atom. The van der Waals surface area contributed by atoms with E-state index in [2.05, 4.69) is 30.9 Å². The second kappa shape index (κ2) is 5.54. The molecule has 0 bridgehead atoms. The zero-order chi connectivity index (χ0) is 14.1. The van der Waals surface area contributed by atoms with Gasteiger partial charge in [-0.3, -0.25) is 9.69 Å². The fraction of sp³-hybridized carbons (Fsp3) is 0.438. The molecule has 1 aliphatic rings. The first-order chi connectivity index (χ1) is 9.65. The lowest BCUT2D eigenvalue weighted by molar-refractivity contribution is 0.0600. The predicted octanol–water partition coefficient (Wildman–Crippen LogP) is 3.07. The first kappa shape index (κ1) is 13.6. The summed E-state index contributed by atoms with van der Waals surface area (Å²) in [5.74, 6) is 0.189. The van der Waals surface area contributed by atoms with Crippen molar-refractivity contribution in [3.63, 3.8) is 0 Å². The summed E-state index contributed by atoms with van der Waals surface area (Å²) in [6.07, 6.45) is 0. The van der Waals surface area contributed by atoms with Crippen LogP contribution in [0.1, 0.15) is 23.5 Å². The van der Waals surface area contributed by atoms with Gasteiger partial charge in [-0.2, -0.15) is 0 Å². The van der Waals surface area contributed by atoms with Crippen molar-refractivity contribution in [2.75, 3.05) is 26.2 Å². The Morgan fingerprint density at radius 3 is 2.50 bits per heavy atom. The second-order valence-electron chi connectivity index (χ2n) is 5.57. The molecule has 20 heavy (non-hydrogen) atoms. The third-order valence-corrected chi connectivity index (χ3v) is 5.07. The predicted molar refractivity (Wildman–Crippen MR) is 84.4 cm³/mol. The number of piperazine rings is 1. The van der Waals surface area contributed by atoms with Crippen LogP contribution in [0.2, 0.25) is 0 Å². The van der Waals surface area contributed by atoms with Gasteiger partial charge in [0.2, 0.25) is 0 Å². The summed E-state index contributed by atoms with van der Waals surface area (Å²) in [6.45, 7) is 8.06. The molecule has 106 valence electrons. The van der Waals surface area contributed by atoms with Gasteiger partial charge in [0.25, 0.3) is 5.91 Å². The van der Waals surface area contributed by atoms with Gasteiger partial charge in [0.15, 0.2) is 0 Å². The molecule has 3 rings (SSSR count). The average Bonchev–Trinajstić information content (AvgIpc) is 2.90. The molecule has 0 N–H and O–H groups in total. The molecule has 0 spiro atoms. The lowest BCUT2D eigenvalue weighted by Crippen LogP contribution is -2.50. The fourth-order valence-electron chi connectivity index (χ4n) is 2.68. The minimum atomic E-state index is 0.189. The Hall–Kier alpha value is -1.39. The van der Waals surface area contributed by atoms with Crippen molar-refractivity contribution in [2.24, 2.45) is 0 Å². The zero-order valence-electron chi connectivity index (χ0n) is 12.0. The van der Waals surface area contributed by atoms with Gasteiger partial charge in [-0.25, -0.2) is 0 Å². The monoisotopic (exact) mass is 288 g/mol. The van der Waals surface area contributed by atoms with Gasteiger partial charge in [0.1, 0.15) is 0 Å². The Kier molecular flexibility index (Phi) is 3.76. The molecule has 0 saturated carbocycles. The summed E-state index contributed by atoms with van der Waals surface area (Å²) >= 11 is 1.60. The molecular weight excluding hydrogens is 268 g/mol. The molecular formula is C16H20N2OS. The van der Waals surface area contributed by atoms with Crippen molar-refractivity contribution < 1.29 is 4.79 Å². The molecule has 1 fully saturated rings. The Bertz CT molecular complexity index is 579. The van der Waals surface area contributed by atoms with Crippen LogP contribution in [0.15, 0.2) is 30.3 Å². The molecule has 0 unspecified atom stereocenters. The van der Waals surface area contributed by atoms with Crippen LogP contribution >= 0.6 is 11.3 Å². The van der Waals surface area contributed by atoms with E-state index in [1.165, 1.54) is 10.1 Å². The van der Waals surface area contributed by atoms with E-state index in [0.29, 0.717) is 6.04 Å². The highest BCUT2D eigenvalue weighted by atomic mass is 32.1. The number of hydrogen-bond donors (Lipinski definition) is 0. The molecule has 4 heteroatoms. The van der Waals surface area contributed by atoms with Crippen molar-refractivity contribution in [2.45, 2.75) is 19.9 Å². The minimum absolute atomic E-state index is 0.189. The van der Waals surface area contributed by atoms with Gasteiger partial charge in [-0.15, -0.1) is 11.3 Å². The number of benzene rings is 1. The van der Waals surface area contributed by atoms with Crippen molar-refractivity contribution in [1.29, 1.82) is 0 Å². The van der Waals surface area contributed by atoms with E-state index in [0.717, 1.165) is 31.1 Å². The number of rotatable bonds is 2. The number of amides is 1. The largest absolute Gasteiger partial charge is 0.335 e. The number of carbonyl (C=O) groups is 1. The van der Waals surface area contributed by atoms with Crippen LogP contribution in [0.5, 0.6) is 0 Å². The summed E-state index contributed by atoms with van der Waals surface area (Å²) in [6, 6.07) is 10.8. The average molecular weight is 288 g/mol. The molecule has 2 aromatic rings. The van der Waals surface area contributed by atoms with Gasteiger partial charge in [0.05, 0.1) is 4.88 Å². The van der Waals surface area contributed by atoms with Crippen LogP contribution in [-0.2, 0) is 0 Å². The molecule has 1 aromatic heterocycles. The maximum Gasteiger partial charge on any atom is 0.264 e. The highest BCUT2D eigenvalue weighted by Gasteiger charge is 2.24. The van der Waals surface area contributed by atoms with E-state index in [4.69, 9.17) is 0 Å². The Labute approximate surface area is 123 Å². The number of carbonyl (C=O) groups excluding carboxylic acids is 1. The summed E-state index contributed by atoms with van der Waals surface area (Å²) in [5.41, 5.74) is 0. The number of hydrogen-bond acceptors (Lipinski definition) is 3. The normalized spacial score (nSPS) is 17.1. The SMILES string of the molecule is CC(C)N1CCN(C(=O)c2cc3ccccc3s2)CC1. The Morgan fingerprint density at radius 1 is 1.15 bits per heavy atom. The molecule has 1 aliphatic heterocycles. The quantitative estimate of drug-likeness (QED) is 0.848. The van der Waals surface area contributed by atoms with Gasteiger partial charge in [0, 0.05) is 36.9 Å². The topological polar surface area (TPSA) is 23.6 Å². The van der Waals surface area contributed by atoms with Crippen molar-refractivity contribution in [1.82, 2.24) is 9.80 Å². The van der Waals surface area contributed by atoms with Gasteiger partial charge in [-0.05, 0) is 31.4 Å². The van der Waals surface area contributed by atoms with E-state index in [9.17, 15) is 4.79 Å². The first-order valence-corrected chi connectivity index (χ1v) is 7.98. The van der Waals surface area contributed by atoms with E-state index in [1.54, 1.807) is 11.3 Å². The van der Waals surface area contributed by atoms with Crippen LogP contribution in [0.4, 0.5) is 0 Å². The lowest BCUT2D eigenvalue weighted by atomic mass is 10.2. The molecule has 0 atom stereocenters. The third kappa shape index (κ3) is 2.58. The zero-order valence-corrected chi connectivity index (χ0v) is 12.8. The second-order valence-corrected chi connectivity index (χ2v) is 6.65. The smallest absolute Gasteiger partial charge is 0.264 e. The highest BCUT2D eigenvalue weighted by molar-refractivity contribution is 7.20. The minimum Gasteiger partial charge on any atom is -0.335 e. The summed E-state index contributed by atoms with van der Waals surface area (Å²) in [5, 5.41) is 1.17. The summed E-state index contributed by atoms with van der Waals surface area (Å²) in [4.78, 5) is 17.8. The highest BCUT2D eigenvalue weighted by Crippen LogP contribution is 2.26. The Balaban J connectivity index is 1.73. The lowest BCUT2D eigenvalue weighted by Gasteiger charge is -2.36. The third-order valence-electron chi connectivity index (χ3n) is 3.97. The van der Waals surface area contributed by atoms with E-state index >= 15 is 0 Å². The van der Waals surface area contributed by atoms with Crippen molar-refractivity contribution >= 4 is 27.3 Å². The molecule has 1 saturated heterocycles. The summed E-state index contributed by atoms with van der Waals surface area (Å²) in [7, 11) is 0.